The number of halogens is 1. The summed E-state index contributed by atoms with van der Waals surface area (Å²) in [7, 11) is 0. The molecular formula is C10H15ClN4. The average molecular weight is 227 g/mol. The van der Waals surface area contributed by atoms with Crippen molar-refractivity contribution in [1.82, 2.24) is 9.97 Å². The maximum atomic E-state index is 5.79. The standard InChI is InChI=1S/C10H15ClN4/c11-9-8(12)10(15-6-14-9)13-5-7-3-1-2-4-7/h6-7H,1-5,12H2,(H,13,14,15). The zero-order valence-electron chi connectivity index (χ0n) is 8.54. The molecule has 15 heavy (non-hydrogen) atoms. The van der Waals surface area contributed by atoms with Gasteiger partial charge in [-0.15, -0.1) is 0 Å². The summed E-state index contributed by atoms with van der Waals surface area (Å²) in [4.78, 5) is 7.88. The predicted octanol–water partition coefficient (Wildman–Crippen LogP) is 2.31. The van der Waals surface area contributed by atoms with Gasteiger partial charge < -0.3 is 11.1 Å². The molecule has 0 radical (unpaired) electrons. The lowest BCUT2D eigenvalue weighted by Gasteiger charge is -2.12. The van der Waals surface area contributed by atoms with Crippen molar-refractivity contribution in [1.29, 1.82) is 0 Å². The Morgan fingerprint density at radius 2 is 2.13 bits per heavy atom. The van der Waals surface area contributed by atoms with E-state index in [2.05, 4.69) is 15.3 Å². The molecule has 0 bridgehead atoms. The lowest BCUT2D eigenvalue weighted by molar-refractivity contribution is 0.579. The smallest absolute Gasteiger partial charge is 0.157 e. The van der Waals surface area contributed by atoms with Crippen LogP contribution >= 0.6 is 11.6 Å². The van der Waals surface area contributed by atoms with Gasteiger partial charge in [-0.05, 0) is 18.8 Å². The van der Waals surface area contributed by atoms with Gasteiger partial charge in [0.1, 0.15) is 12.0 Å². The van der Waals surface area contributed by atoms with Crippen LogP contribution in [-0.4, -0.2) is 16.5 Å². The predicted molar refractivity (Wildman–Crippen MR) is 61.9 cm³/mol. The molecule has 1 saturated carbocycles. The first-order valence-corrected chi connectivity index (χ1v) is 5.65. The summed E-state index contributed by atoms with van der Waals surface area (Å²) in [5, 5.41) is 3.55. The number of hydrogen-bond donors (Lipinski definition) is 2. The molecule has 0 spiro atoms. The van der Waals surface area contributed by atoms with Crippen molar-refractivity contribution in [2.45, 2.75) is 25.7 Å². The molecule has 1 fully saturated rings. The third-order valence-corrected chi connectivity index (χ3v) is 3.17. The van der Waals surface area contributed by atoms with Gasteiger partial charge in [0, 0.05) is 6.54 Å². The molecule has 1 aliphatic rings. The maximum Gasteiger partial charge on any atom is 0.157 e. The van der Waals surface area contributed by atoms with Gasteiger partial charge in [-0.2, -0.15) is 0 Å². The lowest BCUT2D eigenvalue weighted by atomic mass is 10.1. The molecule has 0 aliphatic heterocycles. The number of hydrogen-bond acceptors (Lipinski definition) is 4. The SMILES string of the molecule is Nc1c(Cl)ncnc1NCC1CCCC1. The average Bonchev–Trinajstić information content (AvgIpc) is 2.73. The van der Waals surface area contributed by atoms with Crippen molar-refractivity contribution in [3.8, 4) is 0 Å². The summed E-state index contributed by atoms with van der Waals surface area (Å²) < 4.78 is 0. The summed E-state index contributed by atoms with van der Waals surface area (Å²) >= 11 is 5.79. The Morgan fingerprint density at radius 1 is 1.40 bits per heavy atom. The Hall–Kier alpha value is -1.03. The quantitative estimate of drug-likeness (QED) is 0.777. The molecule has 1 heterocycles. The molecule has 0 saturated heterocycles. The minimum atomic E-state index is 0.318. The van der Waals surface area contributed by atoms with Crippen molar-refractivity contribution >= 4 is 23.1 Å². The fourth-order valence-corrected chi connectivity index (χ4v) is 2.10. The Bertz CT molecular complexity index is 336. The monoisotopic (exact) mass is 226 g/mol. The van der Waals surface area contributed by atoms with E-state index in [0.717, 1.165) is 12.5 Å². The normalized spacial score (nSPS) is 16.9. The number of nitrogens with two attached hydrogens (primary N) is 1. The minimum Gasteiger partial charge on any atom is -0.393 e. The minimum absolute atomic E-state index is 0.318. The van der Waals surface area contributed by atoms with Crippen molar-refractivity contribution in [2.75, 3.05) is 17.6 Å². The number of nitrogens with one attached hydrogen (secondary N) is 1. The highest BCUT2D eigenvalue weighted by Crippen LogP contribution is 2.26. The molecule has 1 aliphatic carbocycles. The van der Waals surface area contributed by atoms with Gasteiger partial charge in [0.05, 0.1) is 0 Å². The number of nitrogens with zero attached hydrogens (tertiary/aromatic N) is 2. The molecule has 1 aromatic heterocycles. The fourth-order valence-electron chi connectivity index (χ4n) is 1.97. The number of nitrogen functional groups attached to an aromatic ring is 1. The summed E-state index contributed by atoms with van der Waals surface area (Å²) in [6.07, 6.45) is 6.70. The largest absolute Gasteiger partial charge is 0.393 e. The van der Waals surface area contributed by atoms with Crippen LogP contribution in [0.4, 0.5) is 11.5 Å². The van der Waals surface area contributed by atoms with E-state index in [4.69, 9.17) is 17.3 Å². The second kappa shape index (κ2) is 4.66. The highest BCUT2D eigenvalue weighted by molar-refractivity contribution is 6.32. The molecule has 5 heteroatoms. The van der Waals surface area contributed by atoms with E-state index < -0.39 is 0 Å². The number of aromatic nitrogens is 2. The number of rotatable bonds is 3. The molecule has 0 aromatic carbocycles. The van der Waals surface area contributed by atoms with Crippen LogP contribution in [-0.2, 0) is 0 Å². The maximum absolute atomic E-state index is 5.79. The first kappa shape index (κ1) is 10.5. The summed E-state index contributed by atoms with van der Waals surface area (Å²) in [6, 6.07) is 0. The van der Waals surface area contributed by atoms with Crippen LogP contribution in [0.3, 0.4) is 0 Å². The molecule has 1 aromatic rings. The summed E-state index contributed by atoms with van der Waals surface area (Å²) in [6.45, 7) is 0.928. The second-order valence-corrected chi connectivity index (χ2v) is 4.32. The Morgan fingerprint density at radius 3 is 2.87 bits per heavy atom. The van der Waals surface area contributed by atoms with Crippen LogP contribution in [0.1, 0.15) is 25.7 Å². The Kier molecular flexibility index (Phi) is 3.26. The van der Waals surface area contributed by atoms with Crippen LogP contribution in [0, 0.1) is 5.92 Å². The molecule has 3 N–H and O–H groups in total. The first-order chi connectivity index (χ1) is 7.27. The second-order valence-electron chi connectivity index (χ2n) is 3.96. The van der Waals surface area contributed by atoms with E-state index in [1.807, 2.05) is 0 Å². The highest BCUT2D eigenvalue weighted by atomic mass is 35.5. The van der Waals surface area contributed by atoms with Crippen LogP contribution < -0.4 is 11.1 Å². The highest BCUT2D eigenvalue weighted by Gasteiger charge is 2.15. The van der Waals surface area contributed by atoms with E-state index in [0.29, 0.717) is 16.7 Å². The van der Waals surface area contributed by atoms with Gasteiger partial charge in [-0.3, -0.25) is 0 Å². The first-order valence-electron chi connectivity index (χ1n) is 5.27. The summed E-state index contributed by atoms with van der Waals surface area (Å²) in [5.41, 5.74) is 6.19. The van der Waals surface area contributed by atoms with E-state index in [9.17, 15) is 0 Å². The van der Waals surface area contributed by atoms with E-state index in [-0.39, 0.29) is 0 Å². The van der Waals surface area contributed by atoms with E-state index in [1.54, 1.807) is 0 Å². The lowest BCUT2D eigenvalue weighted by Crippen LogP contribution is -2.13. The molecule has 0 atom stereocenters. The van der Waals surface area contributed by atoms with E-state index >= 15 is 0 Å². The molecule has 0 unspecified atom stereocenters. The molecule has 82 valence electrons. The van der Waals surface area contributed by atoms with Crippen molar-refractivity contribution in [2.24, 2.45) is 5.92 Å². The van der Waals surface area contributed by atoms with Crippen LogP contribution in [0.15, 0.2) is 6.33 Å². The van der Waals surface area contributed by atoms with Gasteiger partial charge in [0.25, 0.3) is 0 Å². The van der Waals surface area contributed by atoms with Crippen LogP contribution in [0.25, 0.3) is 0 Å². The van der Waals surface area contributed by atoms with E-state index in [1.165, 1.54) is 32.0 Å². The van der Waals surface area contributed by atoms with Gasteiger partial charge >= 0.3 is 0 Å². The Labute approximate surface area is 94.2 Å². The van der Waals surface area contributed by atoms with Gasteiger partial charge in [0.15, 0.2) is 11.0 Å². The third kappa shape index (κ3) is 2.50. The summed E-state index contributed by atoms with van der Waals surface area (Å²) in [5.74, 6) is 1.40. The molecule has 0 amide bonds. The zero-order chi connectivity index (χ0) is 10.7. The van der Waals surface area contributed by atoms with Crippen molar-refractivity contribution < 1.29 is 0 Å². The molecule has 4 nitrogen and oxygen atoms in total. The zero-order valence-corrected chi connectivity index (χ0v) is 9.30. The van der Waals surface area contributed by atoms with Gasteiger partial charge in [-0.1, -0.05) is 24.4 Å². The van der Waals surface area contributed by atoms with Crippen molar-refractivity contribution in [3.05, 3.63) is 11.5 Å². The van der Waals surface area contributed by atoms with Crippen molar-refractivity contribution in [3.63, 3.8) is 0 Å². The fraction of sp³-hybridized carbons (Fsp3) is 0.600. The Balaban J connectivity index is 1.95. The van der Waals surface area contributed by atoms with Crippen LogP contribution in [0.5, 0.6) is 0 Å². The topological polar surface area (TPSA) is 63.8 Å². The van der Waals surface area contributed by atoms with Gasteiger partial charge in [-0.25, -0.2) is 9.97 Å². The van der Waals surface area contributed by atoms with Crippen LogP contribution in [0.2, 0.25) is 5.15 Å². The van der Waals surface area contributed by atoms with Gasteiger partial charge in [0.2, 0.25) is 0 Å². The number of anilines is 2. The molecule has 2 rings (SSSR count). The third-order valence-electron chi connectivity index (χ3n) is 2.87. The molecular weight excluding hydrogens is 212 g/mol.